The van der Waals surface area contributed by atoms with Gasteiger partial charge < -0.3 is 14.6 Å². The smallest absolute Gasteiger partial charge is 0.290 e. The molecule has 19 heavy (non-hydrogen) atoms. The molecule has 4 nitrogen and oxygen atoms in total. The van der Waals surface area contributed by atoms with Gasteiger partial charge in [-0.15, -0.1) is 0 Å². The first-order valence-electron chi connectivity index (χ1n) is 7.15. The maximum Gasteiger partial charge on any atom is 0.290 e. The van der Waals surface area contributed by atoms with Crippen LogP contribution in [0.15, 0.2) is 16.7 Å². The maximum atomic E-state index is 12.6. The van der Waals surface area contributed by atoms with E-state index in [2.05, 4.69) is 19.2 Å². The van der Waals surface area contributed by atoms with Crippen molar-refractivity contribution in [3.8, 4) is 0 Å². The summed E-state index contributed by atoms with van der Waals surface area (Å²) in [7, 11) is 0. The van der Waals surface area contributed by atoms with Crippen molar-refractivity contribution in [1.82, 2.24) is 10.2 Å². The largest absolute Gasteiger partial charge is 0.459 e. The van der Waals surface area contributed by atoms with Gasteiger partial charge in [-0.25, -0.2) is 0 Å². The summed E-state index contributed by atoms with van der Waals surface area (Å²) in [6.45, 7) is 9.00. The van der Waals surface area contributed by atoms with Crippen LogP contribution in [0.5, 0.6) is 0 Å². The molecule has 0 saturated carbocycles. The topological polar surface area (TPSA) is 45.5 Å². The average molecular weight is 264 g/mol. The summed E-state index contributed by atoms with van der Waals surface area (Å²) in [5, 5.41) is 3.36. The number of hydrogen-bond donors (Lipinski definition) is 1. The Kier molecular flexibility index (Phi) is 4.64. The predicted octanol–water partition coefficient (Wildman–Crippen LogP) is 2.44. The van der Waals surface area contributed by atoms with Gasteiger partial charge in [0.15, 0.2) is 5.76 Å². The highest BCUT2D eigenvalue weighted by atomic mass is 16.3. The summed E-state index contributed by atoms with van der Waals surface area (Å²) in [4.78, 5) is 14.5. The first-order valence-corrected chi connectivity index (χ1v) is 7.15. The van der Waals surface area contributed by atoms with Gasteiger partial charge in [-0.2, -0.15) is 0 Å². The highest BCUT2D eigenvalue weighted by molar-refractivity contribution is 5.93. The molecule has 106 valence electrons. The molecule has 4 heteroatoms. The third-order valence-electron chi connectivity index (χ3n) is 3.85. The van der Waals surface area contributed by atoms with E-state index in [1.165, 1.54) is 0 Å². The van der Waals surface area contributed by atoms with Crippen LogP contribution >= 0.6 is 0 Å². The van der Waals surface area contributed by atoms with Gasteiger partial charge >= 0.3 is 0 Å². The van der Waals surface area contributed by atoms with Crippen molar-refractivity contribution in [1.29, 1.82) is 0 Å². The van der Waals surface area contributed by atoms with E-state index >= 15 is 0 Å². The molecule has 1 fully saturated rings. The Morgan fingerprint density at radius 1 is 1.47 bits per heavy atom. The van der Waals surface area contributed by atoms with Crippen molar-refractivity contribution in [2.75, 3.05) is 19.6 Å². The fraction of sp³-hybridized carbons (Fsp3) is 0.667. The van der Waals surface area contributed by atoms with Gasteiger partial charge in [-0.1, -0.05) is 0 Å². The number of rotatable bonds is 4. The van der Waals surface area contributed by atoms with E-state index in [1.54, 1.807) is 6.26 Å². The van der Waals surface area contributed by atoms with Crippen molar-refractivity contribution in [3.63, 3.8) is 0 Å². The fourth-order valence-electron chi connectivity index (χ4n) is 2.59. The lowest BCUT2D eigenvalue weighted by Crippen LogP contribution is -2.43. The van der Waals surface area contributed by atoms with Gasteiger partial charge in [0.25, 0.3) is 5.91 Å². The zero-order valence-electron chi connectivity index (χ0n) is 12.1. The van der Waals surface area contributed by atoms with Gasteiger partial charge in [0.1, 0.15) is 0 Å². The Morgan fingerprint density at radius 3 is 2.68 bits per heavy atom. The molecular formula is C15H24N2O2. The zero-order chi connectivity index (χ0) is 13.8. The van der Waals surface area contributed by atoms with Gasteiger partial charge in [-0.3, -0.25) is 4.79 Å². The van der Waals surface area contributed by atoms with E-state index in [1.807, 2.05) is 17.9 Å². The SMILES string of the molecule is Cc1ccoc1C(=O)N(CC1CCNCC1)C(C)C. The lowest BCUT2D eigenvalue weighted by atomic mass is 9.97. The summed E-state index contributed by atoms with van der Waals surface area (Å²) in [5.41, 5.74) is 0.918. The zero-order valence-corrected chi connectivity index (χ0v) is 12.1. The van der Waals surface area contributed by atoms with Crippen LogP contribution in [0.3, 0.4) is 0 Å². The molecule has 0 unspecified atom stereocenters. The van der Waals surface area contributed by atoms with Crippen LogP contribution in [0.1, 0.15) is 42.8 Å². The molecule has 1 aromatic heterocycles. The Labute approximate surface area is 115 Å². The molecule has 2 rings (SSSR count). The highest BCUT2D eigenvalue weighted by Crippen LogP contribution is 2.19. The van der Waals surface area contributed by atoms with E-state index < -0.39 is 0 Å². The molecule has 2 heterocycles. The highest BCUT2D eigenvalue weighted by Gasteiger charge is 2.26. The van der Waals surface area contributed by atoms with Crippen molar-refractivity contribution in [2.24, 2.45) is 5.92 Å². The monoisotopic (exact) mass is 264 g/mol. The average Bonchev–Trinajstić information content (AvgIpc) is 2.82. The van der Waals surface area contributed by atoms with Crippen molar-refractivity contribution < 1.29 is 9.21 Å². The third kappa shape index (κ3) is 3.38. The minimum Gasteiger partial charge on any atom is -0.459 e. The van der Waals surface area contributed by atoms with Gasteiger partial charge in [0.05, 0.1) is 6.26 Å². The molecule has 1 saturated heterocycles. The van der Waals surface area contributed by atoms with Crippen molar-refractivity contribution >= 4 is 5.91 Å². The second-order valence-electron chi connectivity index (χ2n) is 5.68. The Bertz CT molecular complexity index is 420. The molecule has 1 amide bonds. The molecule has 0 bridgehead atoms. The summed E-state index contributed by atoms with van der Waals surface area (Å²) in [5.74, 6) is 1.11. The predicted molar refractivity (Wildman–Crippen MR) is 75.2 cm³/mol. The van der Waals surface area contributed by atoms with Crippen LogP contribution < -0.4 is 5.32 Å². The number of carbonyl (C=O) groups excluding carboxylic acids is 1. The van der Waals surface area contributed by atoms with Gasteiger partial charge in [-0.05, 0) is 58.7 Å². The van der Waals surface area contributed by atoms with Crippen LogP contribution in [-0.2, 0) is 0 Å². The second kappa shape index (κ2) is 6.24. The van der Waals surface area contributed by atoms with E-state index in [-0.39, 0.29) is 11.9 Å². The molecule has 1 aromatic rings. The number of carbonyl (C=O) groups is 1. The lowest BCUT2D eigenvalue weighted by molar-refractivity contribution is 0.0624. The minimum atomic E-state index is 0.0241. The number of nitrogens with zero attached hydrogens (tertiary/aromatic N) is 1. The summed E-state index contributed by atoms with van der Waals surface area (Å²) in [6, 6.07) is 2.04. The van der Waals surface area contributed by atoms with Crippen LogP contribution in [0.4, 0.5) is 0 Å². The number of aryl methyl sites for hydroxylation is 1. The van der Waals surface area contributed by atoms with Crippen LogP contribution in [0.25, 0.3) is 0 Å². The normalized spacial score (nSPS) is 16.8. The molecule has 0 atom stereocenters. The maximum absolute atomic E-state index is 12.6. The van der Waals surface area contributed by atoms with Crippen LogP contribution in [-0.4, -0.2) is 36.5 Å². The molecule has 0 radical (unpaired) electrons. The molecular weight excluding hydrogens is 240 g/mol. The molecule has 1 aliphatic rings. The first-order chi connectivity index (χ1) is 9.09. The summed E-state index contributed by atoms with van der Waals surface area (Å²) < 4.78 is 5.34. The number of amides is 1. The lowest BCUT2D eigenvalue weighted by Gasteiger charge is -2.32. The van der Waals surface area contributed by atoms with E-state index in [4.69, 9.17) is 4.42 Å². The van der Waals surface area contributed by atoms with E-state index in [9.17, 15) is 4.79 Å². The number of furan rings is 1. The van der Waals surface area contributed by atoms with E-state index in [0.717, 1.165) is 38.0 Å². The summed E-state index contributed by atoms with van der Waals surface area (Å²) >= 11 is 0. The number of nitrogens with one attached hydrogen (secondary N) is 1. The standard InChI is InChI=1S/C15H24N2O2/c1-11(2)17(10-13-4-7-16-8-5-13)15(18)14-12(3)6-9-19-14/h6,9,11,13,16H,4-5,7-8,10H2,1-3H3. The Balaban J connectivity index is 2.07. The van der Waals surface area contributed by atoms with Crippen LogP contribution in [0.2, 0.25) is 0 Å². The minimum absolute atomic E-state index is 0.0241. The van der Waals surface area contributed by atoms with Gasteiger partial charge in [0, 0.05) is 18.2 Å². The molecule has 0 aromatic carbocycles. The Hall–Kier alpha value is -1.29. The molecule has 0 aliphatic carbocycles. The first kappa shape index (κ1) is 14.1. The molecule has 1 aliphatic heterocycles. The van der Waals surface area contributed by atoms with Gasteiger partial charge in [0.2, 0.25) is 0 Å². The van der Waals surface area contributed by atoms with E-state index in [0.29, 0.717) is 11.7 Å². The van der Waals surface area contributed by atoms with Crippen molar-refractivity contribution in [2.45, 2.75) is 39.7 Å². The quantitative estimate of drug-likeness (QED) is 0.908. The number of piperidine rings is 1. The van der Waals surface area contributed by atoms with Crippen molar-refractivity contribution in [3.05, 3.63) is 23.7 Å². The Morgan fingerprint density at radius 2 is 2.16 bits per heavy atom. The summed E-state index contributed by atoms with van der Waals surface area (Å²) in [6.07, 6.45) is 3.88. The fourth-order valence-corrected chi connectivity index (χ4v) is 2.59. The van der Waals surface area contributed by atoms with Crippen LogP contribution in [0, 0.1) is 12.8 Å². The number of hydrogen-bond acceptors (Lipinski definition) is 3. The third-order valence-corrected chi connectivity index (χ3v) is 3.85. The molecule has 0 spiro atoms. The second-order valence-corrected chi connectivity index (χ2v) is 5.68. The molecule has 1 N–H and O–H groups in total.